The third-order valence-electron chi connectivity index (χ3n) is 3.39. The van der Waals surface area contributed by atoms with E-state index >= 15 is 0 Å². The molecule has 3 rings (SSSR count). The molecule has 0 saturated carbocycles. The summed E-state index contributed by atoms with van der Waals surface area (Å²) in [5.74, 6) is 0.914. The van der Waals surface area contributed by atoms with Gasteiger partial charge in [0.05, 0.1) is 5.92 Å². The van der Waals surface area contributed by atoms with Crippen LogP contribution in [0.25, 0.3) is 11.5 Å². The molecule has 3 heterocycles. The monoisotopic (exact) mass is 276 g/mol. The molecule has 7 heteroatoms. The molecule has 0 bridgehead atoms. The fraction of sp³-hybridized carbons (Fsp3) is 0.538. The summed E-state index contributed by atoms with van der Waals surface area (Å²) in [5.41, 5.74) is 0.331. The largest absolute Gasteiger partial charge is 0.364 e. The second-order valence-corrected chi connectivity index (χ2v) is 5.92. The van der Waals surface area contributed by atoms with E-state index in [1.54, 1.807) is 6.07 Å². The van der Waals surface area contributed by atoms with E-state index in [0.717, 1.165) is 0 Å². The molecule has 0 aromatic carbocycles. The van der Waals surface area contributed by atoms with Crippen LogP contribution in [0.1, 0.15) is 39.0 Å². The van der Waals surface area contributed by atoms with Gasteiger partial charge in [0.15, 0.2) is 5.69 Å². The Balaban J connectivity index is 1.80. The standard InChI is InChI=1S/C13H16N4O3/c1-13(2,3)17-7-8(6-10(17)18)12-14-11(16-20-12)9-4-5-19-15-9/h4-5,8H,6-7H2,1-3H3. The fourth-order valence-corrected chi connectivity index (χ4v) is 2.35. The third-order valence-corrected chi connectivity index (χ3v) is 3.39. The van der Waals surface area contributed by atoms with Crippen LogP contribution < -0.4 is 0 Å². The lowest BCUT2D eigenvalue weighted by molar-refractivity contribution is -0.131. The fourth-order valence-electron chi connectivity index (χ4n) is 2.35. The van der Waals surface area contributed by atoms with Crippen LogP contribution in [0, 0.1) is 0 Å². The van der Waals surface area contributed by atoms with Gasteiger partial charge < -0.3 is 13.9 Å². The molecule has 0 spiro atoms. The van der Waals surface area contributed by atoms with Gasteiger partial charge in [-0.15, -0.1) is 0 Å². The molecular weight excluding hydrogens is 260 g/mol. The molecule has 1 aliphatic rings. The minimum atomic E-state index is -0.194. The van der Waals surface area contributed by atoms with Gasteiger partial charge in [-0.3, -0.25) is 4.79 Å². The molecule has 2 aromatic heterocycles. The van der Waals surface area contributed by atoms with Gasteiger partial charge in [0.2, 0.25) is 17.6 Å². The van der Waals surface area contributed by atoms with Crippen LogP contribution in [-0.4, -0.2) is 38.2 Å². The highest BCUT2D eigenvalue weighted by Crippen LogP contribution is 2.32. The minimum absolute atomic E-state index is 0.0603. The smallest absolute Gasteiger partial charge is 0.232 e. The predicted octanol–water partition coefficient (Wildman–Crippen LogP) is 1.84. The van der Waals surface area contributed by atoms with Crippen molar-refractivity contribution in [2.24, 2.45) is 0 Å². The van der Waals surface area contributed by atoms with Gasteiger partial charge in [-0.1, -0.05) is 10.3 Å². The van der Waals surface area contributed by atoms with Gasteiger partial charge >= 0.3 is 0 Å². The van der Waals surface area contributed by atoms with Gasteiger partial charge in [0.1, 0.15) is 6.26 Å². The first-order valence-corrected chi connectivity index (χ1v) is 6.50. The molecule has 2 aromatic rings. The zero-order valence-corrected chi connectivity index (χ0v) is 11.7. The van der Waals surface area contributed by atoms with Crippen LogP contribution in [0.5, 0.6) is 0 Å². The van der Waals surface area contributed by atoms with E-state index in [-0.39, 0.29) is 17.4 Å². The number of carbonyl (C=O) groups excluding carboxylic acids is 1. The maximum Gasteiger partial charge on any atom is 0.232 e. The number of amides is 1. The van der Waals surface area contributed by atoms with Crippen molar-refractivity contribution in [3.05, 3.63) is 18.2 Å². The SMILES string of the molecule is CC(C)(C)N1CC(c2nc(-c3ccon3)no2)CC1=O. The van der Waals surface area contributed by atoms with Crippen LogP contribution >= 0.6 is 0 Å². The number of hydrogen-bond donors (Lipinski definition) is 0. The molecule has 1 aliphatic heterocycles. The summed E-state index contributed by atoms with van der Waals surface area (Å²) in [6.45, 7) is 6.65. The number of aromatic nitrogens is 3. The lowest BCUT2D eigenvalue weighted by Gasteiger charge is -2.31. The lowest BCUT2D eigenvalue weighted by atomic mass is 10.1. The lowest BCUT2D eigenvalue weighted by Crippen LogP contribution is -2.42. The summed E-state index contributed by atoms with van der Waals surface area (Å²) >= 11 is 0. The Labute approximate surface area is 115 Å². The first-order valence-electron chi connectivity index (χ1n) is 6.50. The number of nitrogens with zero attached hydrogens (tertiary/aromatic N) is 4. The van der Waals surface area contributed by atoms with Crippen LogP contribution in [0.4, 0.5) is 0 Å². The molecule has 1 amide bonds. The second-order valence-electron chi connectivity index (χ2n) is 5.92. The number of hydrogen-bond acceptors (Lipinski definition) is 6. The zero-order valence-electron chi connectivity index (χ0n) is 11.7. The first-order chi connectivity index (χ1) is 9.45. The maximum absolute atomic E-state index is 12.0. The maximum atomic E-state index is 12.0. The number of carbonyl (C=O) groups is 1. The Bertz CT molecular complexity index is 612. The summed E-state index contributed by atoms with van der Waals surface area (Å²) in [7, 11) is 0. The predicted molar refractivity (Wildman–Crippen MR) is 68.6 cm³/mol. The molecule has 1 fully saturated rings. The van der Waals surface area contributed by atoms with Crippen molar-refractivity contribution >= 4 is 5.91 Å². The van der Waals surface area contributed by atoms with Crippen molar-refractivity contribution in [1.29, 1.82) is 0 Å². The summed E-state index contributed by atoms with van der Waals surface area (Å²) in [6.07, 6.45) is 1.85. The van der Waals surface area contributed by atoms with E-state index in [1.165, 1.54) is 6.26 Å². The van der Waals surface area contributed by atoms with Gasteiger partial charge in [0.25, 0.3) is 0 Å². The van der Waals surface area contributed by atoms with Gasteiger partial charge in [-0.05, 0) is 20.8 Å². The van der Waals surface area contributed by atoms with Crippen molar-refractivity contribution in [1.82, 2.24) is 20.2 Å². The van der Waals surface area contributed by atoms with E-state index in [4.69, 9.17) is 9.05 Å². The van der Waals surface area contributed by atoms with Crippen LogP contribution in [0.2, 0.25) is 0 Å². The van der Waals surface area contributed by atoms with Crippen molar-refractivity contribution in [2.75, 3.05) is 6.54 Å². The molecule has 7 nitrogen and oxygen atoms in total. The number of rotatable bonds is 2. The van der Waals surface area contributed by atoms with E-state index in [9.17, 15) is 4.79 Å². The Hall–Kier alpha value is -2.18. The van der Waals surface area contributed by atoms with E-state index < -0.39 is 0 Å². The van der Waals surface area contributed by atoms with Gasteiger partial charge in [-0.25, -0.2) is 0 Å². The summed E-state index contributed by atoms with van der Waals surface area (Å²) in [4.78, 5) is 18.2. The quantitative estimate of drug-likeness (QED) is 0.832. The third kappa shape index (κ3) is 2.19. The molecular formula is C13H16N4O3. The van der Waals surface area contributed by atoms with E-state index in [2.05, 4.69) is 15.3 Å². The minimum Gasteiger partial charge on any atom is -0.364 e. The average molecular weight is 276 g/mol. The molecule has 0 radical (unpaired) electrons. The van der Waals surface area contributed by atoms with Crippen LogP contribution in [0.15, 0.2) is 21.4 Å². The molecule has 1 atom stereocenters. The van der Waals surface area contributed by atoms with Gasteiger partial charge in [-0.2, -0.15) is 4.98 Å². The zero-order chi connectivity index (χ0) is 14.3. The summed E-state index contributed by atoms with van der Waals surface area (Å²) in [6, 6.07) is 1.66. The van der Waals surface area contributed by atoms with Gasteiger partial charge in [0, 0.05) is 24.6 Å². The molecule has 1 unspecified atom stereocenters. The summed E-state index contributed by atoms with van der Waals surface area (Å²) < 4.78 is 10.0. The van der Waals surface area contributed by atoms with Crippen molar-refractivity contribution in [3.63, 3.8) is 0 Å². The second kappa shape index (κ2) is 4.43. The highest BCUT2D eigenvalue weighted by molar-refractivity contribution is 5.80. The number of likely N-dealkylation sites (tertiary alicyclic amines) is 1. The topological polar surface area (TPSA) is 85.3 Å². The van der Waals surface area contributed by atoms with E-state index in [1.807, 2.05) is 25.7 Å². The Kier molecular flexibility index (Phi) is 2.84. The Morgan fingerprint density at radius 3 is 2.75 bits per heavy atom. The molecule has 20 heavy (non-hydrogen) atoms. The molecule has 0 N–H and O–H groups in total. The van der Waals surface area contributed by atoms with Crippen LogP contribution in [-0.2, 0) is 4.79 Å². The molecule has 106 valence electrons. The Morgan fingerprint density at radius 1 is 1.35 bits per heavy atom. The normalized spacial score (nSPS) is 19.9. The molecule has 1 saturated heterocycles. The van der Waals surface area contributed by atoms with Crippen molar-refractivity contribution < 1.29 is 13.8 Å². The average Bonchev–Trinajstić information content (AvgIpc) is 3.06. The van der Waals surface area contributed by atoms with Crippen LogP contribution in [0.3, 0.4) is 0 Å². The highest BCUT2D eigenvalue weighted by atomic mass is 16.5. The highest BCUT2D eigenvalue weighted by Gasteiger charge is 2.39. The Morgan fingerprint density at radius 2 is 2.15 bits per heavy atom. The summed E-state index contributed by atoms with van der Waals surface area (Å²) in [5, 5.41) is 7.64. The molecule has 0 aliphatic carbocycles. The van der Waals surface area contributed by atoms with Crippen molar-refractivity contribution in [2.45, 2.75) is 38.6 Å². The first kappa shape index (κ1) is 12.8. The van der Waals surface area contributed by atoms with Crippen molar-refractivity contribution in [3.8, 4) is 11.5 Å². The van der Waals surface area contributed by atoms with E-state index in [0.29, 0.717) is 30.4 Å².